The number of piperidine rings is 1. The van der Waals surface area contributed by atoms with E-state index in [2.05, 4.69) is 30.5 Å². The molecule has 0 radical (unpaired) electrons. The fourth-order valence-electron chi connectivity index (χ4n) is 6.58. The molecule has 1 fully saturated rings. The molecule has 7 rings (SSSR count). The number of ether oxygens (including phenoxy) is 1. The lowest BCUT2D eigenvalue weighted by atomic mass is 9.97. The fraction of sp³-hybridized carbons (Fsp3) is 0.314. The molecule has 2 N–H and O–H groups in total. The molecule has 1 atom stereocenters. The molecule has 3 aromatic heterocycles. The Kier molecular flexibility index (Phi) is 8.10. The first-order valence-corrected chi connectivity index (χ1v) is 15.9. The van der Waals surface area contributed by atoms with Gasteiger partial charge in [0.05, 0.1) is 18.0 Å². The number of nitriles is 1. The second-order valence-corrected chi connectivity index (χ2v) is 12.6. The third-order valence-electron chi connectivity index (χ3n) is 9.13. The summed E-state index contributed by atoms with van der Waals surface area (Å²) in [6, 6.07) is 15.6. The number of nitrogens with two attached hydrogens (primary N) is 1. The van der Waals surface area contributed by atoms with Crippen LogP contribution in [0.1, 0.15) is 38.6 Å². The Balaban J connectivity index is 1.15. The average Bonchev–Trinajstić information content (AvgIpc) is 3.73. The number of nitrogens with zero attached hydrogens (tertiary/aromatic N) is 9. The molecule has 48 heavy (non-hydrogen) atoms. The van der Waals surface area contributed by atoms with E-state index in [1.54, 1.807) is 46.1 Å². The third kappa shape index (κ3) is 5.86. The van der Waals surface area contributed by atoms with Gasteiger partial charge in [0.25, 0.3) is 5.91 Å². The zero-order valence-corrected chi connectivity index (χ0v) is 26.8. The maximum Gasteiger partial charge on any atom is 0.264 e. The summed E-state index contributed by atoms with van der Waals surface area (Å²) in [7, 11) is 0. The van der Waals surface area contributed by atoms with Crippen LogP contribution in [0.25, 0.3) is 22.3 Å². The van der Waals surface area contributed by atoms with Gasteiger partial charge >= 0.3 is 0 Å². The molecule has 2 aliphatic rings. The van der Waals surface area contributed by atoms with E-state index >= 15 is 4.39 Å². The molecule has 13 heteroatoms. The predicted molar refractivity (Wildman–Crippen MR) is 177 cm³/mol. The van der Waals surface area contributed by atoms with Crippen LogP contribution in [0.4, 0.5) is 10.2 Å². The van der Waals surface area contributed by atoms with Gasteiger partial charge in [-0.2, -0.15) is 10.4 Å². The Bertz CT molecular complexity index is 2060. The van der Waals surface area contributed by atoms with Gasteiger partial charge in [-0.1, -0.05) is 18.2 Å². The van der Waals surface area contributed by atoms with Crippen molar-refractivity contribution in [2.45, 2.75) is 51.4 Å². The van der Waals surface area contributed by atoms with E-state index < -0.39 is 11.4 Å². The van der Waals surface area contributed by atoms with Gasteiger partial charge in [0.1, 0.15) is 52.6 Å². The van der Waals surface area contributed by atoms with Crippen molar-refractivity contribution in [3.63, 3.8) is 0 Å². The van der Waals surface area contributed by atoms with Gasteiger partial charge in [0.2, 0.25) is 0 Å². The SMILES string of the molecule is CC(C)(/C=C(/C#N)C(=O)N1CCC[C@H](n2nc(-c3ccc(Oc4ccccc4)cc3F)c3c(N)ncnc32)C1)N1CCn2ccnc2C1. The van der Waals surface area contributed by atoms with Crippen LogP contribution in [-0.2, 0) is 17.9 Å². The Hall–Kier alpha value is -5.61. The Morgan fingerprint density at radius 3 is 2.73 bits per heavy atom. The number of benzene rings is 2. The number of nitrogen functional groups attached to an aromatic ring is 1. The maximum atomic E-state index is 15.7. The molecule has 0 aliphatic carbocycles. The highest BCUT2D eigenvalue weighted by atomic mass is 19.1. The van der Waals surface area contributed by atoms with Crippen LogP contribution in [0.2, 0.25) is 0 Å². The molecule has 5 heterocycles. The van der Waals surface area contributed by atoms with E-state index in [0.717, 1.165) is 18.9 Å². The highest BCUT2D eigenvalue weighted by Gasteiger charge is 2.34. The summed E-state index contributed by atoms with van der Waals surface area (Å²) in [5.41, 5.74) is 6.83. The van der Waals surface area contributed by atoms with E-state index in [1.807, 2.05) is 38.2 Å². The number of likely N-dealkylation sites (tertiary alicyclic amines) is 1. The molecule has 2 aliphatic heterocycles. The number of hydrogen-bond donors (Lipinski definition) is 1. The number of imidazole rings is 1. The van der Waals surface area contributed by atoms with Gasteiger partial charge in [-0.3, -0.25) is 9.69 Å². The fourth-order valence-corrected chi connectivity index (χ4v) is 6.58. The first-order chi connectivity index (χ1) is 23.2. The number of anilines is 1. The molecule has 1 saturated heterocycles. The maximum absolute atomic E-state index is 15.7. The van der Waals surface area contributed by atoms with Gasteiger partial charge in [-0.15, -0.1) is 0 Å². The summed E-state index contributed by atoms with van der Waals surface area (Å²) in [6.45, 7) is 7.00. The van der Waals surface area contributed by atoms with Gasteiger partial charge in [0.15, 0.2) is 5.65 Å². The molecule has 0 unspecified atom stereocenters. The van der Waals surface area contributed by atoms with Gasteiger partial charge < -0.3 is 19.9 Å². The van der Waals surface area contributed by atoms with E-state index in [1.165, 1.54) is 12.4 Å². The van der Waals surface area contributed by atoms with Crippen molar-refractivity contribution in [2.75, 3.05) is 25.4 Å². The quantitative estimate of drug-likeness (QED) is 0.188. The van der Waals surface area contributed by atoms with Crippen LogP contribution in [0.3, 0.4) is 0 Å². The lowest BCUT2D eigenvalue weighted by molar-refractivity contribution is -0.128. The standard InChI is InChI=1S/C35H35FN10O2/c1-35(2,45-16-15-43-14-12-39-29(43)21-45)18-23(19-37)34(47)44-13-6-7-24(20-44)46-33-30(32(38)40-22-41-33)31(42-46)27-11-10-26(17-28(27)36)48-25-8-4-3-5-9-25/h3-5,8-12,14,17-18,22,24H,6-7,13,15-16,20-21H2,1-2H3,(H2,38,40,41)/b23-18-/t24-/m0/s1. The largest absolute Gasteiger partial charge is 0.457 e. The van der Waals surface area contributed by atoms with Gasteiger partial charge in [-0.05, 0) is 57.0 Å². The molecule has 0 spiro atoms. The van der Waals surface area contributed by atoms with Crippen molar-refractivity contribution in [1.82, 2.24) is 39.1 Å². The molecule has 12 nitrogen and oxygen atoms in total. The Labute approximate surface area is 276 Å². The number of fused-ring (bicyclic) bond motifs is 2. The van der Waals surface area contributed by atoms with Crippen LogP contribution in [0.5, 0.6) is 11.5 Å². The Morgan fingerprint density at radius 2 is 1.94 bits per heavy atom. The zero-order chi connectivity index (χ0) is 33.4. The van der Waals surface area contributed by atoms with Crippen LogP contribution in [0, 0.1) is 17.1 Å². The van der Waals surface area contributed by atoms with E-state index in [4.69, 9.17) is 15.6 Å². The number of rotatable bonds is 7. The lowest BCUT2D eigenvalue weighted by Crippen LogP contribution is -2.47. The molecule has 5 aromatic rings. The number of carbonyl (C=O) groups excluding carboxylic acids is 1. The topological polar surface area (TPSA) is 144 Å². The van der Waals surface area contributed by atoms with E-state index in [0.29, 0.717) is 60.7 Å². The van der Waals surface area contributed by atoms with Gasteiger partial charge in [0, 0.05) is 55.7 Å². The highest BCUT2D eigenvalue weighted by molar-refractivity contribution is 5.99. The van der Waals surface area contributed by atoms with Crippen molar-refractivity contribution < 1.29 is 13.9 Å². The smallest absolute Gasteiger partial charge is 0.264 e. The van der Waals surface area contributed by atoms with Crippen molar-refractivity contribution in [3.8, 4) is 28.8 Å². The van der Waals surface area contributed by atoms with Crippen LogP contribution in [0.15, 0.2) is 78.9 Å². The van der Waals surface area contributed by atoms with Crippen LogP contribution >= 0.6 is 0 Å². The monoisotopic (exact) mass is 646 g/mol. The predicted octanol–water partition coefficient (Wildman–Crippen LogP) is 5.11. The minimum absolute atomic E-state index is 0.0898. The average molecular weight is 647 g/mol. The zero-order valence-electron chi connectivity index (χ0n) is 26.8. The molecule has 0 bridgehead atoms. The summed E-state index contributed by atoms with van der Waals surface area (Å²) < 4.78 is 25.3. The number of aromatic nitrogens is 6. The van der Waals surface area contributed by atoms with E-state index in [-0.39, 0.29) is 28.9 Å². The summed E-state index contributed by atoms with van der Waals surface area (Å²) in [6.07, 6.45) is 8.26. The molecule has 2 aromatic carbocycles. The number of para-hydroxylation sites is 1. The summed E-state index contributed by atoms with van der Waals surface area (Å²) in [5.74, 6) is 1.19. The molecule has 244 valence electrons. The molecule has 0 saturated carbocycles. The lowest BCUT2D eigenvalue weighted by Gasteiger charge is -2.39. The van der Waals surface area contributed by atoms with Crippen molar-refractivity contribution in [2.24, 2.45) is 0 Å². The number of carbonyl (C=O) groups is 1. The van der Waals surface area contributed by atoms with Crippen LogP contribution in [-0.4, -0.2) is 70.2 Å². The second-order valence-electron chi connectivity index (χ2n) is 12.6. The number of amides is 1. The van der Waals surface area contributed by atoms with Crippen molar-refractivity contribution >= 4 is 22.8 Å². The number of hydrogen-bond acceptors (Lipinski definition) is 9. The summed E-state index contributed by atoms with van der Waals surface area (Å²) in [4.78, 5) is 30.8. The first kappa shape index (κ1) is 31.0. The van der Waals surface area contributed by atoms with Crippen molar-refractivity contribution in [1.29, 1.82) is 5.26 Å². The molecular weight excluding hydrogens is 611 g/mol. The minimum atomic E-state index is -0.555. The minimum Gasteiger partial charge on any atom is -0.457 e. The molecule has 1 amide bonds. The summed E-state index contributed by atoms with van der Waals surface area (Å²) >= 11 is 0. The summed E-state index contributed by atoms with van der Waals surface area (Å²) in [5, 5.41) is 15.4. The van der Waals surface area contributed by atoms with Gasteiger partial charge in [-0.25, -0.2) is 24.0 Å². The highest BCUT2D eigenvalue weighted by Crippen LogP contribution is 2.36. The normalized spacial score (nSPS) is 17.2. The first-order valence-electron chi connectivity index (χ1n) is 15.9. The van der Waals surface area contributed by atoms with E-state index in [9.17, 15) is 10.1 Å². The second kappa shape index (κ2) is 12.5. The third-order valence-corrected chi connectivity index (χ3v) is 9.13. The molecular formula is C35H35FN10O2. The van der Waals surface area contributed by atoms with Crippen molar-refractivity contribution in [3.05, 3.63) is 90.5 Å². The number of halogens is 1. The van der Waals surface area contributed by atoms with Crippen LogP contribution < -0.4 is 10.5 Å². The Morgan fingerprint density at radius 1 is 1.10 bits per heavy atom.